The lowest BCUT2D eigenvalue weighted by Gasteiger charge is -2.15. The second kappa shape index (κ2) is 8.91. The smallest absolute Gasteiger partial charge is 0.122 e. The van der Waals surface area contributed by atoms with Crippen LogP contribution in [0.15, 0.2) is 24.3 Å². The zero-order valence-corrected chi connectivity index (χ0v) is 12.2. The molecule has 0 spiro atoms. The average molecular weight is 266 g/mol. The molecule has 0 aliphatic carbocycles. The summed E-state index contributed by atoms with van der Waals surface area (Å²) >= 11 is 0. The first-order valence-electron chi connectivity index (χ1n) is 6.81. The predicted molar refractivity (Wildman–Crippen MR) is 78.7 cm³/mol. The molecule has 1 aromatic carbocycles. The maximum atomic E-state index is 9.81. The molecule has 0 bridgehead atoms. The maximum absolute atomic E-state index is 9.81. The highest BCUT2D eigenvalue weighted by atomic mass is 16.5. The van der Waals surface area contributed by atoms with Crippen LogP contribution in [0.1, 0.15) is 12.0 Å². The Morgan fingerprint density at radius 2 is 2.05 bits per heavy atom. The zero-order chi connectivity index (χ0) is 14.1. The first-order chi connectivity index (χ1) is 9.09. The van der Waals surface area contributed by atoms with E-state index in [4.69, 9.17) is 4.74 Å². The zero-order valence-electron chi connectivity index (χ0n) is 12.2. The topological polar surface area (TPSA) is 44.7 Å². The lowest BCUT2D eigenvalue weighted by atomic mass is 10.2. The van der Waals surface area contributed by atoms with Gasteiger partial charge in [0.15, 0.2) is 0 Å². The molecule has 0 aromatic heterocycles. The van der Waals surface area contributed by atoms with Crippen LogP contribution >= 0.6 is 0 Å². The molecule has 0 amide bonds. The lowest BCUT2D eigenvalue weighted by Crippen LogP contribution is -2.33. The molecule has 1 atom stereocenters. The van der Waals surface area contributed by atoms with E-state index >= 15 is 0 Å². The molecular weight excluding hydrogens is 240 g/mol. The number of nitrogens with zero attached hydrogens (tertiary/aromatic N) is 1. The molecule has 0 saturated heterocycles. The number of hydrogen-bond donors (Lipinski definition) is 2. The minimum absolute atomic E-state index is 0.325. The van der Waals surface area contributed by atoms with E-state index in [-0.39, 0.29) is 0 Å². The molecule has 0 fully saturated rings. The van der Waals surface area contributed by atoms with Crippen molar-refractivity contribution in [3.05, 3.63) is 29.8 Å². The second-order valence-corrected chi connectivity index (χ2v) is 5.09. The van der Waals surface area contributed by atoms with Crippen molar-refractivity contribution < 1.29 is 9.84 Å². The number of nitrogens with one attached hydrogen (secondary N) is 1. The molecular formula is C15H26N2O2. The van der Waals surface area contributed by atoms with Gasteiger partial charge in [-0.15, -0.1) is 0 Å². The molecule has 1 aromatic rings. The second-order valence-electron chi connectivity index (χ2n) is 5.09. The Kier molecular flexibility index (Phi) is 7.48. The number of aliphatic hydroxyl groups excluding tert-OH is 1. The summed E-state index contributed by atoms with van der Waals surface area (Å²) < 4.78 is 5.60. The van der Waals surface area contributed by atoms with E-state index in [1.807, 2.05) is 31.2 Å². The standard InChI is InChI=1S/C15H26N2O2/c1-13-7-4-5-8-15(13)19-12-14(18)11-16-9-6-10-17(2)3/h4-5,7-8,14,16,18H,6,9-12H2,1-3H3. The molecule has 2 N–H and O–H groups in total. The van der Waals surface area contributed by atoms with Crippen molar-refractivity contribution in [3.8, 4) is 5.75 Å². The fourth-order valence-corrected chi connectivity index (χ4v) is 1.75. The maximum Gasteiger partial charge on any atom is 0.122 e. The van der Waals surface area contributed by atoms with E-state index in [0.29, 0.717) is 13.2 Å². The van der Waals surface area contributed by atoms with Crippen molar-refractivity contribution in [1.82, 2.24) is 10.2 Å². The van der Waals surface area contributed by atoms with Gasteiger partial charge in [-0.1, -0.05) is 18.2 Å². The van der Waals surface area contributed by atoms with Gasteiger partial charge in [0.2, 0.25) is 0 Å². The van der Waals surface area contributed by atoms with Gasteiger partial charge in [0.1, 0.15) is 18.5 Å². The Balaban J connectivity index is 2.11. The number of aryl methyl sites for hydroxylation is 1. The molecule has 4 nitrogen and oxygen atoms in total. The highest BCUT2D eigenvalue weighted by molar-refractivity contribution is 5.31. The van der Waals surface area contributed by atoms with Crippen molar-refractivity contribution in [2.24, 2.45) is 0 Å². The van der Waals surface area contributed by atoms with Crippen molar-refractivity contribution in [1.29, 1.82) is 0 Å². The van der Waals surface area contributed by atoms with E-state index in [1.54, 1.807) is 0 Å². The van der Waals surface area contributed by atoms with Crippen molar-refractivity contribution in [2.75, 3.05) is 40.3 Å². The van der Waals surface area contributed by atoms with Crippen molar-refractivity contribution in [3.63, 3.8) is 0 Å². The lowest BCUT2D eigenvalue weighted by molar-refractivity contribution is 0.106. The number of ether oxygens (including phenoxy) is 1. The normalized spacial score (nSPS) is 12.7. The number of benzene rings is 1. The molecule has 4 heteroatoms. The molecule has 108 valence electrons. The summed E-state index contributed by atoms with van der Waals surface area (Å²) in [6, 6.07) is 7.84. The van der Waals surface area contributed by atoms with Gasteiger partial charge in [-0.2, -0.15) is 0 Å². The molecule has 0 heterocycles. The van der Waals surface area contributed by atoms with E-state index in [2.05, 4.69) is 24.3 Å². The Hall–Kier alpha value is -1.10. The first kappa shape index (κ1) is 16.0. The third-order valence-electron chi connectivity index (χ3n) is 2.86. The quantitative estimate of drug-likeness (QED) is 0.661. The molecule has 1 rings (SSSR count). The number of para-hydroxylation sites is 1. The average Bonchev–Trinajstić information content (AvgIpc) is 2.37. The Bertz CT molecular complexity index is 356. The summed E-state index contributed by atoms with van der Waals surface area (Å²) in [5.41, 5.74) is 1.09. The third-order valence-corrected chi connectivity index (χ3v) is 2.86. The van der Waals surface area contributed by atoms with Gasteiger partial charge >= 0.3 is 0 Å². The third kappa shape index (κ3) is 7.15. The fraction of sp³-hybridized carbons (Fsp3) is 0.600. The SMILES string of the molecule is Cc1ccccc1OCC(O)CNCCCN(C)C. The fourth-order valence-electron chi connectivity index (χ4n) is 1.75. The highest BCUT2D eigenvalue weighted by Crippen LogP contribution is 2.16. The predicted octanol–water partition coefficient (Wildman–Crippen LogP) is 1.28. The summed E-state index contributed by atoms with van der Waals surface area (Å²) in [4.78, 5) is 2.15. The number of rotatable bonds is 9. The van der Waals surface area contributed by atoms with Crippen LogP contribution < -0.4 is 10.1 Å². The van der Waals surface area contributed by atoms with Gasteiger partial charge in [-0.25, -0.2) is 0 Å². The summed E-state index contributed by atoms with van der Waals surface area (Å²) in [5, 5.41) is 13.0. The van der Waals surface area contributed by atoms with Gasteiger partial charge in [0, 0.05) is 6.54 Å². The first-order valence-corrected chi connectivity index (χ1v) is 6.81. The molecule has 0 aliphatic rings. The molecule has 0 radical (unpaired) electrons. The van der Waals surface area contributed by atoms with Crippen LogP contribution in [0.2, 0.25) is 0 Å². The summed E-state index contributed by atoms with van der Waals surface area (Å²) in [6.45, 7) is 4.87. The van der Waals surface area contributed by atoms with Crippen LogP contribution in [0.3, 0.4) is 0 Å². The van der Waals surface area contributed by atoms with Gasteiger partial charge < -0.3 is 20.1 Å². The summed E-state index contributed by atoms with van der Waals surface area (Å²) in [7, 11) is 4.12. The minimum Gasteiger partial charge on any atom is -0.491 e. The minimum atomic E-state index is -0.473. The molecule has 19 heavy (non-hydrogen) atoms. The van der Waals surface area contributed by atoms with Gasteiger partial charge in [-0.05, 0) is 52.2 Å². The monoisotopic (exact) mass is 266 g/mol. The van der Waals surface area contributed by atoms with Crippen LogP contribution in [0, 0.1) is 6.92 Å². The molecule has 0 saturated carbocycles. The Morgan fingerprint density at radius 1 is 1.32 bits per heavy atom. The van der Waals surface area contributed by atoms with E-state index in [9.17, 15) is 5.11 Å². The van der Waals surface area contributed by atoms with Crippen LogP contribution in [0.5, 0.6) is 5.75 Å². The van der Waals surface area contributed by atoms with Gasteiger partial charge in [0.25, 0.3) is 0 Å². The molecule has 0 aliphatic heterocycles. The Labute approximate surface area is 116 Å². The number of aliphatic hydroxyl groups is 1. The van der Waals surface area contributed by atoms with Crippen LogP contribution in [0.25, 0.3) is 0 Å². The summed E-state index contributed by atoms with van der Waals surface area (Å²) in [5.74, 6) is 0.842. The van der Waals surface area contributed by atoms with Gasteiger partial charge in [-0.3, -0.25) is 0 Å². The van der Waals surface area contributed by atoms with Crippen LogP contribution in [-0.4, -0.2) is 56.4 Å². The summed E-state index contributed by atoms with van der Waals surface area (Å²) in [6.07, 6.45) is 0.609. The largest absolute Gasteiger partial charge is 0.491 e. The van der Waals surface area contributed by atoms with Crippen molar-refractivity contribution >= 4 is 0 Å². The number of hydrogen-bond acceptors (Lipinski definition) is 4. The van der Waals surface area contributed by atoms with Crippen LogP contribution in [-0.2, 0) is 0 Å². The van der Waals surface area contributed by atoms with Crippen molar-refractivity contribution in [2.45, 2.75) is 19.4 Å². The van der Waals surface area contributed by atoms with E-state index in [0.717, 1.165) is 30.8 Å². The molecule has 1 unspecified atom stereocenters. The Morgan fingerprint density at radius 3 is 2.74 bits per heavy atom. The highest BCUT2D eigenvalue weighted by Gasteiger charge is 2.05. The van der Waals surface area contributed by atoms with Crippen LogP contribution in [0.4, 0.5) is 0 Å². The van der Waals surface area contributed by atoms with E-state index in [1.165, 1.54) is 0 Å². The van der Waals surface area contributed by atoms with E-state index < -0.39 is 6.10 Å². The van der Waals surface area contributed by atoms with Gasteiger partial charge in [0.05, 0.1) is 0 Å².